The lowest BCUT2D eigenvalue weighted by Crippen LogP contribution is -2.26. The normalized spacial score (nSPS) is 11.7. The molecule has 1 atom stereocenters. The van der Waals surface area contributed by atoms with E-state index in [-0.39, 0.29) is 5.91 Å². The summed E-state index contributed by atoms with van der Waals surface area (Å²) in [5.74, 6) is 1.18. The van der Waals surface area contributed by atoms with Crippen molar-refractivity contribution in [1.82, 2.24) is 4.90 Å². The van der Waals surface area contributed by atoms with Gasteiger partial charge in [0.2, 0.25) is 0 Å². The number of methoxy groups -OCH3 is 2. The average Bonchev–Trinajstić information content (AvgIpc) is 2.60. The van der Waals surface area contributed by atoms with Gasteiger partial charge in [-0.1, -0.05) is 6.07 Å². The van der Waals surface area contributed by atoms with Gasteiger partial charge in [0.05, 0.1) is 14.2 Å². The van der Waals surface area contributed by atoms with E-state index in [1.807, 2.05) is 18.2 Å². The standard InChI is InChI=1S/C18H21NO4S/c1-19(12-13-5-10-16(22-2)17(11-13)23-3)18(20)14-6-8-15(9-7-14)24(4)21/h5-11H,12H2,1-4H3/t24-/m0/s1. The molecule has 2 aromatic carbocycles. The summed E-state index contributed by atoms with van der Waals surface area (Å²) in [6.07, 6.45) is 1.61. The largest absolute Gasteiger partial charge is 0.493 e. The second-order valence-electron chi connectivity index (χ2n) is 5.33. The maximum atomic E-state index is 12.5. The molecule has 0 saturated carbocycles. The first-order chi connectivity index (χ1) is 11.5. The molecule has 2 rings (SSSR count). The fourth-order valence-electron chi connectivity index (χ4n) is 2.33. The minimum absolute atomic E-state index is 0.0989. The van der Waals surface area contributed by atoms with Gasteiger partial charge < -0.3 is 14.4 Å². The lowest BCUT2D eigenvalue weighted by atomic mass is 10.1. The lowest BCUT2D eigenvalue weighted by Gasteiger charge is -2.18. The third-order valence-electron chi connectivity index (χ3n) is 3.65. The monoisotopic (exact) mass is 347 g/mol. The highest BCUT2D eigenvalue weighted by Gasteiger charge is 2.13. The van der Waals surface area contributed by atoms with Gasteiger partial charge in [-0.15, -0.1) is 0 Å². The summed E-state index contributed by atoms with van der Waals surface area (Å²) >= 11 is 0. The zero-order chi connectivity index (χ0) is 17.7. The highest BCUT2D eigenvalue weighted by atomic mass is 32.2. The van der Waals surface area contributed by atoms with E-state index in [4.69, 9.17) is 9.47 Å². The minimum Gasteiger partial charge on any atom is -0.493 e. The second-order valence-corrected chi connectivity index (χ2v) is 6.71. The highest BCUT2D eigenvalue weighted by Crippen LogP contribution is 2.28. The van der Waals surface area contributed by atoms with Crippen LogP contribution in [0.3, 0.4) is 0 Å². The average molecular weight is 347 g/mol. The van der Waals surface area contributed by atoms with Crippen LogP contribution in [0.2, 0.25) is 0 Å². The number of ether oxygens (including phenoxy) is 2. The fourth-order valence-corrected chi connectivity index (χ4v) is 2.85. The Labute approximate surface area is 144 Å². The van der Waals surface area contributed by atoms with Gasteiger partial charge in [0.1, 0.15) is 0 Å². The maximum absolute atomic E-state index is 12.5. The number of nitrogens with zero attached hydrogens (tertiary/aromatic N) is 1. The Bertz CT molecular complexity index is 743. The number of carbonyl (C=O) groups excluding carboxylic acids is 1. The molecule has 0 radical (unpaired) electrons. The third kappa shape index (κ3) is 4.14. The Hall–Kier alpha value is -2.34. The van der Waals surface area contributed by atoms with Crippen LogP contribution < -0.4 is 9.47 Å². The van der Waals surface area contributed by atoms with Crippen LogP contribution in [0.15, 0.2) is 47.4 Å². The predicted molar refractivity (Wildman–Crippen MR) is 94.1 cm³/mol. The van der Waals surface area contributed by atoms with Crippen molar-refractivity contribution in [2.45, 2.75) is 11.4 Å². The molecule has 0 aromatic heterocycles. The van der Waals surface area contributed by atoms with Crippen LogP contribution in [0, 0.1) is 0 Å². The minimum atomic E-state index is -1.05. The highest BCUT2D eigenvalue weighted by molar-refractivity contribution is 7.84. The van der Waals surface area contributed by atoms with Crippen molar-refractivity contribution in [3.05, 3.63) is 53.6 Å². The zero-order valence-corrected chi connectivity index (χ0v) is 15.1. The summed E-state index contributed by atoms with van der Waals surface area (Å²) in [5, 5.41) is 0. The molecule has 128 valence electrons. The van der Waals surface area contributed by atoms with Crippen LogP contribution in [0.1, 0.15) is 15.9 Å². The van der Waals surface area contributed by atoms with Crippen molar-refractivity contribution in [3.63, 3.8) is 0 Å². The van der Waals surface area contributed by atoms with E-state index in [2.05, 4.69) is 0 Å². The summed E-state index contributed by atoms with van der Waals surface area (Å²) in [6, 6.07) is 12.4. The number of hydrogen-bond acceptors (Lipinski definition) is 4. The van der Waals surface area contributed by atoms with E-state index in [1.54, 1.807) is 56.7 Å². The topological polar surface area (TPSA) is 55.8 Å². The van der Waals surface area contributed by atoms with Crippen molar-refractivity contribution in [1.29, 1.82) is 0 Å². The van der Waals surface area contributed by atoms with Crippen LogP contribution >= 0.6 is 0 Å². The fraction of sp³-hybridized carbons (Fsp3) is 0.278. The van der Waals surface area contributed by atoms with E-state index in [1.165, 1.54) is 0 Å². The first-order valence-corrected chi connectivity index (χ1v) is 8.92. The zero-order valence-electron chi connectivity index (χ0n) is 14.2. The molecule has 0 bridgehead atoms. The molecule has 0 saturated heterocycles. The third-order valence-corrected chi connectivity index (χ3v) is 4.58. The van der Waals surface area contributed by atoms with E-state index < -0.39 is 10.8 Å². The molecule has 24 heavy (non-hydrogen) atoms. The molecule has 0 heterocycles. The van der Waals surface area contributed by atoms with Crippen molar-refractivity contribution in [2.75, 3.05) is 27.5 Å². The van der Waals surface area contributed by atoms with Gasteiger partial charge in [-0.3, -0.25) is 9.00 Å². The predicted octanol–water partition coefficient (Wildman–Crippen LogP) is 2.71. The van der Waals surface area contributed by atoms with Gasteiger partial charge in [-0.25, -0.2) is 0 Å². The van der Waals surface area contributed by atoms with Crippen molar-refractivity contribution >= 4 is 16.7 Å². The Kier molecular flexibility index (Phi) is 5.98. The lowest BCUT2D eigenvalue weighted by molar-refractivity contribution is 0.0785. The Morgan fingerprint density at radius 2 is 1.67 bits per heavy atom. The van der Waals surface area contributed by atoms with Crippen LogP contribution in [0.5, 0.6) is 11.5 Å². The number of amides is 1. The number of rotatable bonds is 6. The second kappa shape index (κ2) is 7.97. The Balaban J connectivity index is 2.12. The van der Waals surface area contributed by atoms with Crippen LogP contribution in [0.4, 0.5) is 0 Å². The molecule has 0 fully saturated rings. The number of benzene rings is 2. The molecule has 0 aliphatic carbocycles. The SMILES string of the molecule is COc1ccc(CN(C)C(=O)c2ccc([S@](C)=O)cc2)cc1OC. The van der Waals surface area contributed by atoms with Gasteiger partial charge >= 0.3 is 0 Å². The molecule has 0 unspecified atom stereocenters. The van der Waals surface area contributed by atoms with E-state index in [0.29, 0.717) is 28.5 Å². The Morgan fingerprint density at radius 1 is 1.04 bits per heavy atom. The van der Waals surface area contributed by atoms with Gasteiger partial charge in [-0.2, -0.15) is 0 Å². The van der Waals surface area contributed by atoms with Crippen LogP contribution in [-0.2, 0) is 17.3 Å². The molecular weight excluding hydrogens is 326 g/mol. The van der Waals surface area contributed by atoms with Gasteiger partial charge in [0.25, 0.3) is 5.91 Å². The molecule has 1 amide bonds. The van der Waals surface area contributed by atoms with Gasteiger partial charge in [0.15, 0.2) is 11.5 Å². The molecule has 6 heteroatoms. The van der Waals surface area contributed by atoms with Crippen molar-refractivity contribution in [2.24, 2.45) is 0 Å². The smallest absolute Gasteiger partial charge is 0.253 e. The van der Waals surface area contributed by atoms with E-state index in [0.717, 1.165) is 5.56 Å². The van der Waals surface area contributed by atoms with E-state index in [9.17, 15) is 9.00 Å². The first-order valence-electron chi connectivity index (χ1n) is 7.36. The van der Waals surface area contributed by atoms with Gasteiger partial charge in [-0.05, 0) is 42.0 Å². The summed E-state index contributed by atoms with van der Waals surface area (Å²) in [4.78, 5) is 14.8. The first kappa shape index (κ1) is 18.0. The van der Waals surface area contributed by atoms with Crippen molar-refractivity contribution in [3.8, 4) is 11.5 Å². The molecule has 0 aliphatic heterocycles. The van der Waals surface area contributed by atoms with E-state index >= 15 is 0 Å². The summed E-state index contributed by atoms with van der Waals surface area (Å²) in [5.41, 5.74) is 1.50. The maximum Gasteiger partial charge on any atom is 0.253 e. The molecule has 0 spiro atoms. The summed E-state index contributed by atoms with van der Waals surface area (Å²) in [6.45, 7) is 0.445. The van der Waals surface area contributed by atoms with Crippen molar-refractivity contribution < 1.29 is 18.5 Å². The summed E-state index contributed by atoms with van der Waals surface area (Å²) in [7, 11) is 3.85. The van der Waals surface area contributed by atoms with Crippen LogP contribution in [-0.4, -0.2) is 42.5 Å². The van der Waals surface area contributed by atoms with Gasteiger partial charge in [0, 0.05) is 41.1 Å². The van der Waals surface area contributed by atoms with Crippen LogP contribution in [0.25, 0.3) is 0 Å². The number of hydrogen-bond donors (Lipinski definition) is 0. The molecular formula is C18H21NO4S. The molecule has 0 N–H and O–H groups in total. The Morgan fingerprint density at radius 3 is 2.21 bits per heavy atom. The number of carbonyl (C=O) groups is 1. The quantitative estimate of drug-likeness (QED) is 0.806. The molecule has 5 nitrogen and oxygen atoms in total. The molecule has 0 aliphatic rings. The molecule has 2 aromatic rings. The summed E-state index contributed by atoms with van der Waals surface area (Å²) < 4.78 is 21.9.